The van der Waals surface area contributed by atoms with Crippen LogP contribution in [0.1, 0.15) is 38.1 Å². The third-order valence-corrected chi connectivity index (χ3v) is 5.52. The zero-order valence-electron chi connectivity index (χ0n) is 14.9. The van der Waals surface area contributed by atoms with Gasteiger partial charge >= 0.3 is 6.18 Å². The fourth-order valence-electron chi connectivity index (χ4n) is 3.57. The van der Waals surface area contributed by atoms with E-state index in [9.17, 15) is 13.2 Å². The number of alkyl halides is 3. The predicted molar refractivity (Wildman–Crippen MR) is 94.7 cm³/mol. The monoisotopic (exact) mass is 363 g/mol. The smallest absolute Gasteiger partial charge is 0.339 e. The van der Waals surface area contributed by atoms with Gasteiger partial charge < -0.3 is 4.90 Å². The van der Waals surface area contributed by atoms with Crippen molar-refractivity contribution >= 4 is 23.3 Å². The molecule has 4 rings (SSSR count). The highest BCUT2D eigenvalue weighted by Gasteiger charge is 2.60. The van der Waals surface area contributed by atoms with Crippen LogP contribution < -0.4 is 4.90 Å². The van der Waals surface area contributed by atoms with Crippen LogP contribution in [0.25, 0.3) is 11.2 Å². The molecular formula is C18H20F3N5. The summed E-state index contributed by atoms with van der Waals surface area (Å²) in [6, 6.07) is 0.0950. The van der Waals surface area contributed by atoms with Crippen LogP contribution in [0.15, 0.2) is 23.5 Å². The quantitative estimate of drug-likeness (QED) is 0.833. The molecule has 2 aromatic heterocycles. The molecule has 2 aliphatic heterocycles. The van der Waals surface area contributed by atoms with Crippen molar-refractivity contribution in [1.82, 2.24) is 14.4 Å². The first kappa shape index (κ1) is 17.1. The van der Waals surface area contributed by atoms with Gasteiger partial charge in [0, 0.05) is 36.4 Å². The number of imidazole rings is 1. The van der Waals surface area contributed by atoms with E-state index in [1.54, 1.807) is 23.0 Å². The molecule has 138 valence electrons. The van der Waals surface area contributed by atoms with Gasteiger partial charge in [0.1, 0.15) is 5.54 Å². The van der Waals surface area contributed by atoms with Gasteiger partial charge in [-0.05, 0) is 32.8 Å². The Morgan fingerprint density at radius 1 is 1.35 bits per heavy atom. The van der Waals surface area contributed by atoms with Crippen LogP contribution in [0.3, 0.4) is 0 Å². The maximum absolute atomic E-state index is 13.6. The lowest BCUT2D eigenvalue weighted by Gasteiger charge is -2.51. The zero-order chi connectivity index (χ0) is 18.7. The van der Waals surface area contributed by atoms with E-state index < -0.39 is 11.7 Å². The van der Waals surface area contributed by atoms with Crippen molar-refractivity contribution in [2.45, 2.75) is 51.4 Å². The van der Waals surface area contributed by atoms with E-state index in [4.69, 9.17) is 0 Å². The van der Waals surface area contributed by atoms with Gasteiger partial charge in [0.05, 0.1) is 11.7 Å². The molecule has 1 saturated heterocycles. The number of aliphatic imine (C=N–C) groups is 1. The summed E-state index contributed by atoms with van der Waals surface area (Å²) in [6.07, 6.45) is 3.72. The minimum Gasteiger partial charge on any atom is -0.339 e. The second kappa shape index (κ2) is 5.56. The highest BCUT2D eigenvalue weighted by atomic mass is 19.4. The van der Waals surface area contributed by atoms with Crippen molar-refractivity contribution < 1.29 is 13.2 Å². The van der Waals surface area contributed by atoms with Crippen molar-refractivity contribution in [1.29, 1.82) is 0 Å². The second-order valence-corrected chi connectivity index (χ2v) is 7.04. The first-order valence-electron chi connectivity index (χ1n) is 8.69. The predicted octanol–water partition coefficient (Wildman–Crippen LogP) is 3.82. The Balaban J connectivity index is 1.88. The topological polar surface area (TPSA) is 45.8 Å². The standard InChI is InChI=1S/C18H20F3N5/c1-4-13-9-12(10-23-13)14-11(2)25-8-6-22-15(25)16(24-14)26-7-5-17(26,3)18(19,20)21/h6,8-10,13H,4-5,7H2,1-3H3. The van der Waals surface area contributed by atoms with Gasteiger partial charge in [0.2, 0.25) is 0 Å². The molecule has 0 N–H and O–H groups in total. The summed E-state index contributed by atoms with van der Waals surface area (Å²) in [5.74, 6) is 0.274. The van der Waals surface area contributed by atoms with E-state index in [1.165, 1.54) is 11.8 Å². The van der Waals surface area contributed by atoms with E-state index in [0.29, 0.717) is 17.9 Å². The lowest BCUT2D eigenvalue weighted by atomic mass is 9.86. The fourth-order valence-corrected chi connectivity index (χ4v) is 3.57. The molecule has 1 fully saturated rings. The number of nitrogens with zero attached hydrogens (tertiary/aromatic N) is 5. The third-order valence-electron chi connectivity index (χ3n) is 5.52. The van der Waals surface area contributed by atoms with Crippen molar-refractivity contribution in [2.24, 2.45) is 4.99 Å². The molecule has 2 unspecified atom stereocenters. The molecule has 0 saturated carbocycles. The Labute approximate surface area is 149 Å². The van der Waals surface area contributed by atoms with Gasteiger partial charge in [-0.25, -0.2) is 9.97 Å². The van der Waals surface area contributed by atoms with Crippen LogP contribution in [0.5, 0.6) is 0 Å². The minimum absolute atomic E-state index is 0.0519. The summed E-state index contributed by atoms with van der Waals surface area (Å²) in [5, 5.41) is 0. The number of allylic oxidation sites excluding steroid dienone is 1. The molecule has 2 aromatic rings. The van der Waals surface area contributed by atoms with Crippen LogP contribution in [0, 0.1) is 6.92 Å². The van der Waals surface area contributed by atoms with E-state index in [-0.39, 0.29) is 18.3 Å². The second-order valence-electron chi connectivity index (χ2n) is 7.04. The lowest BCUT2D eigenvalue weighted by molar-refractivity contribution is -0.196. The van der Waals surface area contributed by atoms with E-state index in [1.807, 2.05) is 19.9 Å². The number of anilines is 1. The molecule has 2 atom stereocenters. The van der Waals surface area contributed by atoms with Crippen molar-refractivity contribution in [2.75, 3.05) is 11.4 Å². The average Bonchev–Trinajstić information content (AvgIpc) is 3.23. The molecule has 0 spiro atoms. The maximum atomic E-state index is 13.6. The average molecular weight is 363 g/mol. The highest BCUT2D eigenvalue weighted by Crippen LogP contribution is 2.47. The van der Waals surface area contributed by atoms with Crippen molar-refractivity contribution in [3.63, 3.8) is 0 Å². The Morgan fingerprint density at radius 2 is 2.12 bits per heavy atom. The molecule has 8 heteroatoms. The number of halogens is 3. The van der Waals surface area contributed by atoms with Gasteiger partial charge in [-0.2, -0.15) is 13.2 Å². The summed E-state index contributed by atoms with van der Waals surface area (Å²) in [5.41, 5.74) is 0.874. The first-order valence-corrected chi connectivity index (χ1v) is 8.69. The Morgan fingerprint density at radius 3 is 2.69 bits per heavy atom. The molecule has 4 heterocycles. The van der Waals surface area contributed by atoms with E-state index >= 15 is 0 Å². The van der Waals surface area contributed by atoms with Gasteiger partial charge in [0.15, 0.2) is 11.5 Å². The Bertz CT molecular complexity index is 927. The molecule has 5 nitrogen and oxygen atoms in total. The fraction of sp³-hybridized carbons (Fsp3) is 0.500. The van der Waals surface area contributed by atoms with Crippen LogP contribution in [-0.2, 0) is 0 Å². The van der Waals surface area contributed by atoms with E-state index in [0.717, 1.165) is 17.7 Å². The van der Waals surface area contributed by atoms with Crippen LogP contribution in [0.4, 0.5) is 19.0 Å². The molecule has 0 aliphatic carbocycles. The van der Waals surface area contributed by atoms with Crippen LogP contribution in [-0.4, -0.2) is 44.9 Å². The first-order chi connectivity index (χ1) is 12.3. The summed E-state index contributed by atoms with van der Waals surface area (Å²) in [4.78, 5) is 14.6. The maximum Gasteiger partial charge on any atom is 0.411 e. The Kier molecular flexibility index (Phi) is 3.65. The van der Waals surface area contributed by atoms with Gasteiger partial charge in [-0.15, -0.1) is 0 Å². The van der Waals surface area contributed by atoms with Gasteiger partial charge in [-0.3, -0.25) is 9.39 Å². The summed E-state index contributed by atoms with van der Waals surface area (Å²) in [6.45, 7) is 5.47. The van der Waals surface area contributed by atoms with Crippen molar-refractivity contribution in [3.8, 4) is 0 Å². The third kappa shape index (κ3) is 2.27. The number of hydrogen-bond donors (Lipinski definition) is 0. The largest absolute Gasteiger partial charge is 0.411 e. The highest BCUT2D eigenvalue weighted by molar-refractivity contribution is 6.11. The molecular weight excluding hydrogens is 343 g/mol. The minimum atomic E-state index is -4.33. The number of aromatic nitrogens is 3. The van der Waals surface area contributed by atoms with Crippen LogP contribution in [0.2, 0.25) is 0 Å². The summed E-state index contributed by atoms with van der Waals surface area (Å²) < 4.78 is 42.6. The molecule has 0 amide bonds. The summed E-state index contributed by atoms with van der Waals surface area (Å²) >= 11 is 0. The zero-order valence-corrected chi connectivity index (χ0v) is 14.9. The van der Waals surface area contributed by atoms with Gasteiger partial charge in [0.25, 0.3) is 0 Å². The molecule has 0 aromatic carbocycles. The molecule has 0 radical (unpaired) electrons. The summed E-state index contributed by atoms with van der Waals surface area (Å²) in [7, 11) is 0. The lowest BCUT2D eigenvalue weighted by Crippen LogP contribution is -2.66. The Hall–Kier alpha value is -2.38. The number of aryl methyl sites for hydroxylation is 1. The van der Waals surface area contributed by atoms with Gasteiger partial charge in [-0.1, -0.05) is 6.92 Å². The number of fused-ring (bicyclic) bond motifs is 1. The van der Waals surface area contributed by atoms with Crippen molar-refractivity contribution in [3.05, 3.63) is 29.9 Å². The normalized spacial score (nSPS) is 25.7. The molecule has 26 heavy (non-hydrogen) atoms. The SMILES string of the molecule is CCC1C=C(c2nc(N3CCC3(C)C(F)(F)F)c3nccn3c2C)C=N1. The van der Waals surface area contributed by atoms with Crippen LogP contribution >= 0.6 is 0 Å². The molecule has 2 aliphatic rings. The number of hydrogen-bond acceptors (Lipinski definition) is 4. The number of rotatable bonds is 3. The van der Waals surface area contributed by atoms with E-state index in [2.05, 4.69) is 15.0 Å². The molecule has 0 bridgehead atoms.